The third-order valence-electron chi connectivity index (χ3n) is 5.70. The maximum atomic E-state index is 9.71. The first-order valence-electron chi connectivity index (χ1n) is 8.61. The molecule has 1 aromatic carbocycles. The number of hydrogen-bond acceptors (Lipinski definition) is 3. The van der Waals surface area contributed by atoms with Gasteiger partial charge in [-0.2, -0.15) is 0 Å². The van der Waals surface area contributed by atoms with E-state index in [9.17, 15) is 5.11 Å². The predicted octanol–water partition coefficient (Wildman–Crippen LogP) is 2.94. The summed E-state index contributed by atoms with van der Waals surface area (Å²) in [7, 11) is 0. The van der Waals surface area contributed by atoms with Crippen LogP contribution < -0.4 is 0 Å². The average molecular weight is 286 g/mol. The largest absolute Gasteiger partial charge is 0.508 e. The maximum Gasteiger partial charge on any atom is 0.115 e. The highest BCUT2D eigenvalue weighted by Gasteiger charge is 2.34. The second-order valence-corrected chi connectivity index (χ2v) is 6.97. The van der Waals surface area contributed by atoms with E-state index < -0.39 is 0 Å². The van der Waals surface area contributed by atoms with Crippen molar-refractivity contribution in [2.75, 3.05) is 26.2 Å². The number of rotatable bonds is 2. The van der Waals surface area contributed by atoms with Crippen LogP contribution in [-0.4, -0.2) is 47.1 Å². The highest BCUT2D eigenvalue weighted by atomic mass is 16.3. The smallest absolute Gasteiger partial charge is 0.115 e. The normalized spacial score (nSPS) is 30.7. The van der Waals surface area contributed by atoms with Crippen LogP contribution in [0.3, 0.4) is 0 Å². The van der Waals surface area contributed by atoms with Crippen LogP contribution in [0.1, 0.15) is 49.3 Å². The van der Waals surface area contributed by atoms with Crippen LogP contribution in [0.15, 0.2) is 18.2 Å². The van der Waals surface area contributed by atoms with E-state index in [4.69, 9.17) is 0 Å². The van der Waals surface area contributed by atoms with Crippen LogP contribution in [-0.2, 0) is 6.42 Å². The molecule has 1 aliphatic carbocycles. The van der Waals surface area contributed by atoms with E-state index in [-0.39, 0.29) is 0 Å². The molecule has 2 saturated heterocycles. The average Bonchev–Trinajstić information content (AvgIpc) is 3.17. The van der Waals surface area contributed by atoms with Gasteiger partial charge in [0, 0.05) is 25.2 Å². The molecule has 2 fully saturated rings. The Labute approximate surface area is 127 Å². The zero-order valence-corrected chi connectivity index (χ0v) is 12.8. The summed E-state index contributed by atoms with van der Waals surface area (Å²) in [5, 5.41) is 9.71. The van der Waals surface area contributed by atoms with Gasteiger partial charge in [-0.3, -0.25) is 9.80 Å². The highest BCUT2D eigenvalue weighted by Crippen LogP contribution is 2.38. The van der Waals surface area contributed by atoms with Crippen molar-refractivity contribution < 1.29 is 5.11 Å². The zero-order chi connectivity index (χ0) is 14.2. The third kappa shape index (κ3) is 2.58. The number of aromatic hydroxyl groups is 1. The minimum Gasteiger partial charge on any atom is -0.508 e. The molecule has 0 radical (unpaired) electrons. The molecule has 2 unspecified atom stereocenters. The number of likely N-dealkylation sites (tertiary alicyclic amines) is 2. The Hall–Kier alpha value is -1.06. The first-order valence-corrected chi connectivity index (χ1v) is 8.61. The summed E-state index contributed by atoms with van der Waals surface area (Å²) in [4.78, 5) is 5.42. The van der Waals surface area contributed by atoms with E-state index >= 15 is 0 Å². The maximum absolute atomic E-state index is 9.71. The lowest BCUT2D eigenvalue weighted by Gasteiger charge is -2.34. The van der Waals surface area contributed by atoms with Crippen LogP contribution >= 0.6 is 0 Å². The van der Waals surface area contributed by atoms with E-state index in [1.807, 2.05) is 12.1 Å². The molecule has 0 bridgehead atoms. The summed E-state index contributed by atoms with van der Waals surface area (Å²) >= 11 is 0. The van der Waals surface area contributed by atoms with Crippen LogP contribution in [0.4, 0.5) is 0 Å². The van der Waals surface area contributed by atoms with Crippen molar-refractivity contribution in [3.63, 3.8) is 0 Å². The first-order chi connectivity index (χ1) is 10.3. The fraction of sp³-hybridized carbons (Fsp3) is 0.667. The van der Waals surface area contributed by atoms with Crippen molar-refractivity contribution in [3.8, 4) is 5.75 Å². The van der Waals surface area contributed by atoms with Gasteiger partial charge in [-0.05, 0) is 74.9 Å². The first kappa shape index (κ1) is 13.6. The van der Waals surface area contributed by atoms with Gasteiger partial charge in [-0.15, -0.1) is 0 Å². The van der Waals surface area contributed by atoms with Gasteiger partial charge in [0.15, 0.2) is 0 Å². The molecule has 3 aliphatic rings. The molecule has 4 rings (SSSR count). The number of aryl methyl sites for hydroxylation is 1. The summed E-state index contributed by atoms with van der Waals surface area (Å²) in [6, 6.07) is 7.38. The van der Waals surface area contributed by atoms with E-state index in [1.54, 1.807) is 0 Å². The summed E-state index contributed by atoms with van der Waals surface area (Å²) in [5.74, 6) is 0.422. The molecule has 3 heteroatoms. The van der Waals surface area contributed by atoms with Crippen LogP contribution in [0.2, 0.25) is 0 Å². The Bertz CT molecular complexity index is 510. The van der Waals surface area contributed by atoms with Gasteiger partial charge in [-0.1, -0.05) is 6.07 Å². The Balaban J connectivity index is 1.50. The topological polar surface area (TPSA) is 26.7 Å². The zero-order valence-electron chi connectivity index (χ0n) is 12.8. The third-order valence-corrected chi connectivity index (χ3v) is 5.70. The van der Waals surface area contributed by atoms with E-state index in [1.165, 1.54) is 69.4 Å². The molecule has 0 spiro atoms. The predicted molar refractivity (Wildman–Crippen MR) is 84.6 cm³/mol. The summed E-state index contributed by atoms with van der Waals surface area (Å²) in [6.07, 6.45) is 7.79. The van der Waals surface area contributed by atoms with Gasteiger partial charge in [0.1, 0.15) is 5.75 Å². The molecular formula is C18H26N2O. The van der Waals surface area contributed by atoms with Crippen molar-refractivity contribution in [2.24, 2.45) is 0 Å². The Morgan fingerprint density at radius 3 is 2.67 bits per heavy atom. The van der Waals surface area contributed by atoms with Gasteiger partial charge in [0.2, 0.25) is 0 Å². The van der Waals surface area contributed by atoms with Crippen molar-refractivity contribution in [3.05, 3.63) is 29.3 Å². The monoisotopic (exact) mass is 286 g/mol. The summed E-state index contributed by atoms with van der Waals surface area (Å²) in [5.41, 5.74) is 2.84. The lowest BCUT2D eigenvalue weighted by atomic mass is 9.87. The van der Waals surface area contributed by atoms with Gasteiger partial charge in [0.25, 0.3) is 0 Å². The van der Waals surface area contributed by atoms with Crippen molar-refractivity contribution >= 4 is 0 Å². The highest BCUT2D eigenvalue weighted by molar-refractivity contribution is 5.38. The number of hydrogen-bond donors (Lipinski definition) is 1. The Morgan fingerprint density at radius 1 is 0.952 bits per heavy atom. The van der Waals surface area contributed by atoms with E-state index in [2.05, 4.69) is 15.9 Å². The number of fused-ring (bicyclic) bond motifs is 1. The molecule has 3 nitrogen and oxygen atoms in total. The number of nitrogens with zero attached hydrogens (tertiary/aromatic N) is 2. The van der Waals surface area contributed by atoms with Gasteiger partial charge >= 0.3 is 0 Å². The molecule has 114 valence electrons. The quantitative estimate of drug-likeness (QED) is 0.905. The van der Waals surface area contributed by atoms with Crippen molar-refractivity contribution in [1.29, 1.82) is 0 Å². The van der Waals surface area contributed by atoms with E-state index in [0.717, 1.165) is 12.5 Å². The molecule has 2 aliphatic heterocycles. The molecule has 1 aromatic rings. The summed E-state index contributed by atoms with van der Waals surface area (Å²) < 4.78 is 0. The molecule has 1 N–H and O–H groups in total. The van der Waals surface area contributed by atoms with Crippen molar-refractivity contribution in [2.45, 2.75) is 50.6 Å². The summed E-state index contributed by atoms with van der Waals surface area (Å²) in [6.45, 7) is 5.11. The standard InChI is InChI=1S/C18H26N2O/c21-16-6-7-17-14(12-16)4-3-5-18(17)20-11-8-15(13-20)19-9-1-2-10-19/h6-7,12,15,18,21H,1-5,8-11,13H2. The number of benzene rings is 1. The molecule has 2 heterocycles. The number of phenols is 1. The van der Waals surface area contributed by atoms with Crippen LogP contribution in [0, 0.1) is 0 Å². The lowest BCUT2D eigenvalue weighted by Crippen LogP contribution is -2.37. The van der Waals surface area contributed by atoms with Gasteiger partial charge < -0.3 is 5.11 Å². The molecule has 0 amide bonds. The fourth-order valence-corrected chi connectivity index (χ4v) is 4.61. The molecule has 21 heavy (non-hydrogen) atoms. The lowest BCUT2D eigenvalue weighted by molar-refractivity contribution is 0.187. The molecule has 0 saturated carbocycles. The Morgan fingerprint density at radius 2 is 1.81 bits per heavy atom. The molecule has 2 atom stereocenters. The number of phenolic OH excluding ortho intramolecular Hbond substituents is 1. The van der Waals surface area contributed by atoms with Crippen LogP contribution in [0.25, 0.3) is 0 Å². The van der Waals surface area contributed by atoms with E-state index in [0.29, 0.717) is 11.8 Å². The van der Waals surface area contributed by atoms with Gasteiger partial charge in [-0.25, -0.2) is 0 Å². The van der Waals surface area contributed by atoms with Crippen LogP contribution in [0.5, 0.6) is 5.75 Å². The second kappa shape index (κ2) is 5.62. The van der Waals surface area contributed by atoms with Crippen molar-refractivity contribution in [1.82, 2.24) is 9.80 Å². The second-order valence-electron chi connectivity index (χ2n) is 6.97. The Kier molecular flexibility index (Phi) is 3.64. The van der Waals surface area contributed by atoms with Gasteiger partial charge in [0.05, 0.1) is 0 Å². The molecular weight excluding hydrogens is 260 g/mol. The molecule has 0 aromatic heterocycles. The minimum absolute atomic E-state index is 0.422. The fourth-order valence-electron chi connectivity index (χ4n) is 4.61. The minimum atomic E-state index is 0.422. The SMILES string of the molecule is Oc1ccc2c(c1)CCCC2N1CCC(N2CCCC2)C1.